The van der Waals surface area contributed by atoms with E-state index in [0.717, 1.165) is 5.56 Å². The van der Waals surface area contributed by atoms with Crippen LogP contribution in [0.5, 0.6) is 0 Å². The van der Waals surface area contributed by atoms with E-state index in [1.807, 2.05) is 6.07 Å². The molecule has 0 heterocycles. The second-order valence-electron chi connectivity index (χ2n) is 2.88. The minimum atomic E-state index is -0.526. The van der Waals surface area contributed by atoms with E-state index in [4.69, 9.17) is 20.4 Å². The van der Waals surface area contributed by atoms with Crippen molar-refractivity contribution >= 4 is 5.84 Å². The van der Waals surface area contributed by atoms with Crippen LogP contribution in [-0.2, 0) is 9.47 Å². The van der Waals surface area contributed by atoms with E-state index < -0.39 is 6.29 Å². The van der Waals surface area contributed by atoms with Gasteiger partial charge in [-0.15, -0.1) is 0 Å². The Bertz CT molecular complexity index is 348. The van der Waals surface area contributed by atoms with E-state index in [-0.39, 0.29) is 5.84 Å². The van der Waals surface area contributed by atoms with Crippen LogP contribution >= 0.6 is 0 Å². The maximum Gasteiger partial charge on any atom is 0.183 e. The first-order valence-corrected chi connectivity index (χ1v) is 4.37. The molecular weight excluding hydrogens is 196 g/mol. The van der Waals surface area contributed by atoms with Gasteiger partial charge in [-0.2, -0.15) is 0 Å². The van der Waals surface area contributed by atoms with E-state index in [9.17, 15) is 0 Å². The fourth-order valence-corrected chi connectivity index (χ4v) is 1.34. The Labute approximate surface area is 88.1 Å². The quantitative estimate of drug-likeness (QED) is 0.256. The number of hydrogen-bond donors (Lipinski definition) is 2. The zero-order chi connectivity index (χ0) is 11.3. The van der Waals surface area contributed by atoms with Crippen LogP contribution < -0.4 is 5.73 Å². The fourth-order valence-electron chi connectivity index (χ4n) is 1.34. The van der Waals surface area contributed by atoms with Crippen molar-refractivity contribution in [3.05, 3.63) is 35.4 Å². The van der Waals surface area contributed by atoms with Gasteiger partial charge in [0.1, 0.15) is 0 Å². The summed E-state index contributed by atoms with van der Waals surface area (Å²) >= 11 is 0. The monoisotopic (exact) mass is 210 g/mol. The number of benzene rings is 1. The molecule has 5 nitrogen and oxygen atoms in total. The number of methoxy groups -OCH3 is 2. The van der Waals surface area contributed by atoms with Gasteiger partial charge in [0.2, 0.25) is 0 Å². The SMILES string of the molecule is COC(OC)c1ccccc1/C(N)=N/O. The molecule has 82 valence electrons. The predicted molar refractivity (Wildman–Crippen MR) is 55.7 cm³/mol. The summed E-state index contributed by atoms with van der Waals surface area (Å²) in [5, 5.41) is 11.6. The summed E-state index contributed by atoms with van der Waals surface area (Å²) in [6.07, 6.45) is -0.526. The van der Waals surface area contributed by atoms with Gasteiger partial charge in [-0.05, 0) is 0 Å². The topological polar surface area (TPSA) is 77.1 Å². The maximum atomic E-state index is 8.62. The molecule has 0 saturated carbocycles. The fraction of sp³-hybridized carbons (Fsp3) is 0.300. The average Bonchev–Trinajstić information content (AvgIpc) is 2.30. The number of rotatable bonds is 4. The number of hydrogen-bond acceptors (Lipinski definition) is 4. The van der Waals surface area contributed by atoms with Crippen LogP contribution in [0.3, 0.4) is 0 Å². The highest BCUT2D eigenvalue weighted by atomic mass is 16.7. The number of oxime groups is 1. The highest BCUT2D eigenvalue weighted by molar-refractivity contribution is 5.98. The summed E-state index contributed by atoms with van der Waals surface area (Å²) < 4.78 is 10.2. The molecule has 0 amide bonds. The molecule has 0 aliphatic carbocycles. The minimum absolute atomic E-state index is 0.0321. The summed E-state index contributed by atoms with van der Waals surface area (Å²) in [5.74, 6) is 0.0321. The standard InChI is InChI=1S/C10H14N2O3/c1-14-10(15-2)8-6-4-3-5-7(8)9(11)12-13/h3-6,10,13H,1-2H3,(H2,11,12). The van der Waals surface area contributed by atoms with Crippen LogP contribution in [-0.4, -0.2) is 25.3 Å². The van der Waals surface area contributed by atoms with Crippen molar-refractivity contribution in [2.75, 3.05) is 14.2 Å². The largest absolute Gasteiger partial charge is 0.409 e. The first-order valence-electron chi connectivity index (χ1n) is 4.37. The molecule has 0 fully saturated rings. The van der Waals surface area contributed by atoms with Crippen molar-refractivity contribution in [3.8, 4) is 0 Å². The van der Waals surface area contributed by atoms with Crippen LogP contribution in [0.4, 0.5) is 0 Å². The van der Waals surface area contributed by atoms with Gasteiger partial charge in [-0.25, -0.2) is 0 Å². The highest BCUT2D eigenvalue weighted by Gasteiger charge is 2.15. The molecule has 0 unspecified atom stereocenters. The lowest BCUT2D eigenvalue weighted by Gasteiger charge is -2.16. The number of amidine groups is 1. The van der Waals surface area contributed by atoms with E-state index in [1.54, 1.807) is 18.2 Å². The van der Waals surface area contributed by atoms with Crippen molar-refractivity contribution in [1.82, 2.24) is 0 Å². The molecule has 0 aliphatic rings. The Hall–Kier alpha value is -1.59. The van der Waals surface area contributed by atoms with Crippen molar-refractivity contribution < 1.29 is 14.7 Å². The molecule has 0 bridgehead atoms. The molecular formula is C10H14N2O3. The van der Waals surface area contributed by atoms with Crippen molar-refractivity contribution in [1.29, 1.82) is 0 Å². The molecule has 3 N–H and O–H groups in total. The van der Waals surface area contributed by atoms with Gasteiger partial charge in [0.25, 0.3) is 0 Å². The van der Waals surface area contributed by atoms with E-state index in [0.29, 0.717) is 5.56 Å². The molecule has 0 radical (unpaired) electrons. The number of nitrogens with two attached hydrogens (primary N) is 1. The third-order valence-electron chi connectivity index (χ3n) is 2.03. The van der Waals surface area contributed by atoms with Crippen molar-refractivity contribution in [2.45, 2.75) is 6.29 Å². The summed E-state index contributed by atoms with van der Waals surface area (Å²) in [4.78, 5) is 0. The third kappa shape index (κ3) is 2.45. The molecule has 1 aromatic carbocycles. The molecule has 0 atom stereocenters. The van der Waals surface area contributed by atoms with Crippen LogP contribution in [0, 0.1) is 0 Å². The lowest BCUT2D eigenvalue weighted by Crippen LogP contribution is -2.18. The Morgan fingerprint density at radius 2 is 1.93 bits per heavy atom. The lowest BCUT2D eigenvalue weighted by molar-refractivity contribution is -0.106. The molecule has 0 spiro atoms. The van der Waals surface area contributed by atoms with Gasteiger partial charge < -0.3 is 20.4 Å². The molecule has 0 saturated heterocycles. The van der Waals surface area contributed by atoms with Crippen LogP contribution in [0.1, 0.15) is 17.4 Å². The average molecular weight is 210 g/mol. The minimum Gasteiger partial charge on any atom is -0.409 e. The number of nitrogens with zero attached hydrogens (tertiary/aromatic N) is 1. The van der Waals surface area contributed by atoms with E-state index in [1.165, 1.54) is 14.2 Å². The van der Waals surface area contributed by atoms with Crippen LogP contribution in [0.25, 0.3) is 0 Å². The van der Waals surface area contributed by atoms with Gasteiger partial charge in [-0.1, -0.05) is 29.4 Å². The molecule has 0 aliphatic heterocycles. The predicted octanol–water partition coefficient (Wildman–Crippen LogP) is 1.07. The third-order valence-corrected chi connectivity index (χ3v) is 2.03. The number of ether oxygens (including phenoxy) is 2. The smallest absolute Gasteiger partial charge is 0.183 e. The summed E-state index contributed by atoms with van der Waals surface area (Å²) in [7, 11) is 3.05. The van der Waals surface area contributed by atoms with Gasteiger partial charge in [0, 0.05) is 25.3 Å². The van der Waals surface area contributed by atoms with Gasteiger partial charge in [0.15, 0.2) is 12.1 Å². The lowest BCUT2D eigenvalue weighted by atomic mass is 10.1. The van der Waals surface area contributed by atoms with Crippen molar-refractivity contribution in [2.24, 2.45) is 10.9 Å². The summed E-state index contributed by atoms with van der Waals surface area (Å²) in [5.41, 5.74) is 6.84. The summed E-state index contributed by atoms with van der Waals surface area (Å²) in [6.45, 7) is 0. The molecule has 1 aromatic rings. The molecule has 0 aromatic heterocycles. The first-order chi connectivity index (χ1) is 7.24. The van der Waals surface area contributed by atoms with Gasteiger partial charge in [0.05, 0.1) is 0 Å². The molecule has 5 heteroatoms. The highest BCUT2D eigenvalue weighted by Crippen LogP contribution is 2.21. The van der Waals surface area contributed by atoms with Crippen molar-refractivity contribution in [3.63, 3.8) is 0 Å². The van der Waals surface area contributed by atoms with Gasteiger partial charge in [-0.3, -0.25) is 0 Å². The zero-order valence-electron chi connectivity index (χ0n) is 8.68. The normalized spacial score (nSPS) is 12.1. The summed E-state index contributed by atoms with van der Waals surface area (Å²) in [6, 6.07) is 7.15. The Morgan fingerprint density at radius 1 is 1.33 bits per heavy atom. The molecule has 15 heavy (non-hydrogen) atoms. The Kier molecular flexibility index (Phi) is 4.08. The van der Waals surface area contributed by atoms with E-state index in [2.05, 4.69) is 5.16 Å². The second kappa shape index (κ2) is 5.33. The van der Waals surface area contributed by atoms with Crippen LogP contribution in [0.15, 0.2) is 29.4 Å². The van der Waals surface area contributed by atoms with E-state index >= 15 is 0 Å². The van der Waals surface area contributed by atoms with Crippen LogP contribution in [0.2, 0.25) is 0 Å². The second-order valence-corrected chi connectivity index (χ2v) is 2.88. The Balaban J connectivity index is 3.16. The maximum absolute atomic E-state index is 8.62. The zero-order valence-corrected chi connectivity index (χ0v) is 8.68. The van der Waals surface area contributed by atoms with Gasteiger partial charge >= 0.3 is 0 Å². The first kappa shape index (κ1) is 11.5. The molecule has 1 rings (SSSR count). The Morgan fingerprint density at radius 3 is 2.47 bits per heavy atom.